The largest absolute Gasteiger partial charge is 0.478 e. The molecule has 0 aliphatic rings. The lowest BCUT2D eigenvalue weighted by molar-refractivity contribution is -0.166. The molecule has 22 heavy (non-hydrogen) atoms. The molecular formula is C15H20BrNO5. The van der Waals surface area contributed by atoms with Gasteiger partial charge in [0.15, 0.2) is 0 Å². The van der Waals surface area contributed by atoms with Gasteiger partial charge in [0.1, 0.15) is 5.60 Å². The standard InChI is InChI=1S/C15H20BrNO5/c1-14(2,3)22-13(20)17-15(21-4,12(18)19)9-10-7-5-6-8-11(10)16/h5-8H,9H2,1-4H3,(H,17,20)(H,18,19)/t15-/m1/s1. The zero-order valence-corrected chi connectivity index (χ0v) is 14.6. The van der Waals surface area contributed by atoms with Crippen molar-refractivity contribution < 1.29 is 24.2 Å². The van der Waals surface area contributed by atoms with E-state index in [9.17, 15) is 14.7 Å². The zero-order chi connectivity index (χ0) is 17.0. The minimum absolute atomic E-state index is 0.0561. The first-order valence-corrected chi connectivity index (χ1v) is 7.42. The van der Waals surface area contributed by atoms with E-state index in [1.165, 1.54) is 7.11 Å². The predicted octanol–water partition coefficient (Wildman–Crippen LogP) is 2.94. The normalized spacial score (nSPS) is 14.0. The summed E-state index contributed by atoms with van der Waals surface area (Å²) in [6.45, 7) is 5.07. The molecule has 0 saturated heterocycles. The molecule has 0 aliphatic carbocycles. The summed E-state index contributed by atoms with van der Waals surface area (Å²) in [6.07, 6.45) is -0.914. The van der Waals surface area contributed by atoms with Crippen LogP contribution in [0.5, 0.6) is 0 Å². The van der Waals surface area contributed by atoms with Crippen LogP contribution in [0.25, 0.3) is 0 Å². The Kier molecular flexibility index (Phi) is 5.96. The van der Waals surface area contributed by atoms with Crippen LogP contribution >= 0.6 is 15.9 Å². The molecule has 122 valence electrons. The third-order valence-corrected chi connectivity index (χ3v) is 3.57. The van der Waals surface area contributed by atoms with Crippen LogP contribution in [0.2, 0.25) is 0 Å². The van der Waals surface area contributed by atoms with Gasteiger partial charge in [-0.2, -0.15) is 0 Å². The number of carbonyl (C=O) groups is 2. The van der Waals surface area contributed by atoms with Crippen molar-refractivity contribution in [2.45, 2.75) is 38.5 Å². The van der Waals surface area contributed by atoms with E-state index in [0.717, 1.165) is 4.47 Å². The number of methoxy groups -OCH3 is 1. The lowest BCUT2D eigenvalue weighted by Gasteiger charge is -2.30. The minimum Gasteiger partial charge on any atom is -0.478 e. The summed E-state index contributed by atoms with van der Waals surface area (Å²) < 4.78 is 10.9. The van der Waals surface area contributed by atoms with E-state index in [1.54, 1.807) is 39.0 Å². The smallest absolute Gasteiger partial charge is 0.410 e. The van der Waals surface area contributed by atoms with E-state index < -0.39 is 23.4 Å². The molecule has 7 heteroatoms. The van der Waals surface area contributed by atoms with E-state index in [1.807, 2.05) is 6.07 Å². The molecule has 0 radical (unpaired) electrons. The van der Waals surface area contributed by atoms with Crippen molar-refractivity contribution >= 4 is 28.0 Å². The molecule has 1 aromatic carbocycles. The number of ether oxygens (including phenoxy) is 2. The van der Waals surface area contributed by atoms with Crippen molar-refractivity contribution in [2.75, 3.05) is 7.11 Å². The Bertz CT molecular complexity index is 555. The number of hydrogen-bond donors (Lipinski definition) is 2. The number of alkyl carbamates (subject to hydrolysis) is 1. The van der Waals surface area contributed by atoms with Gasteiger partial charge < -0.3 is 14.6 Å². The summed E-state index contributed by atoms with van der Waals surface area (Å²) in [4.78, 5) is 23.6. The zero-order valence-electron chi connectivity index (χ0n) is 13.0. The molecule has 2 N–H and O–H groups in total. The summed E-state index contributed by atoms with van der Waals surface area (Å²) in [5, 5.41) is 11.8. The van der Waals surface area contributed by atoms with E-state index >= 15 is 0 Å². The summed E-state index contributed by atoms with van der Waals surface area (Å²) in [5.74, 6) is -1.31. The van der Waals surface area contributed by atoms with Gasteiger partial charge >= 0.3 is 12.1 Å². The van der Waals surface area contributed by atoms with Gasteiger partial charge in [0.25, 0.3) is 0 Å². The second-order valence-electron chi connectivity index (χ2n) is 5.73. The highest BCUT2D eigenvalue weighted by molar-refractivity contribution is 9.10. The third-order valence-electron chi connectivity index (χ3n) is 2.79. The summed E-state index contributed by atoms with van der Waals surface area (Å²) >= 11 is 3.35. The van der Waals surface area contributed by atoms with Crippen LogP contribution in [-0.2, 0) is 20.7 Å². The van der Waals surface area contributed by atoms with Crippen molar-refractivity contribution in [3.8, 4) is 0 Å². The Morgan fingerprint density at radius 2 is 1.86 bits per heavy atom. The summed E-state index contributed by atoms with van der Waals surface area (Å²) in [5.41, 5.74) is -1.97. The van der Waals surface area contributed by atoms with Crippen LogP contribution in [0.1, 0.15) is 26.3 Å². The molecule has 0 heterocycles. The lowest BCUT2D eigenvalue weighted by Crippen LogP contribution is -2.58. The third kappa shape index (κ3) is 4.99. The topological polar surface area (TPSA) is 84.9 Å². The highest BCUT2D eigenvalue weighted by Crippen LogP contribution is 2.23. The number of nitrogens with one attached hydrogen (secondary N) is 1. The van der Waals surface area contributed by atoms with Crippen LogP contribution < -0.4 is 5.32 Å². The first-order valence-electron chi connectivity index (χ1n) is 6.63. The fourth-order valence-electron chi connectivity index (χ4n) is 1.76. The van der Waals surface area contributed by atoms with Crippen molar-refractivity contribution in [3.05, 3.63) is 34.3 Å². The average Bonchev–Trinajstić information content (AvgIpc) is 2.38. The first kappa shape index (κ1) is 18.4. The number of benzene rings is 1. The average molecular weight is 374 g/mol. The molecule has 0 saturated carbocycles. The highest BCUT2D eigenvalue weighted by atomic mass is 79.9. The van der Waals surface area contributed by atoms with Gasteiger partial charge in [0, 0.05) is 18.0 Å². The first-order chi connectivity index (χ1) is 10.1. The van der Waals surface area contributed by atoms with Crippen molar-refractivity contribution in [1.82, 2.24) is 5.32 Å². The Morgan fingerprint density at radius 3 is 2.32 bits per heavy atom. The second kappa shape index (κ2) is 7.11. The number of halogens is 1. The molecule has 1 atom stereocenters. The molecule has 1 rings (SSSR count). The molecule has 1 amide bonds. The van der Waals surface area contributed by atoms with Gasteiger partial charge in [-0.1, -0.05) is 34.1 Å². The van der Waals surface area contributed by atoms with Crippen LogP contribution in [-0.4, -0.2) is 35.6 Å². The number of carbonyl (C=O) groups excluding carboxylic acids is 1. The van der Waals surface area contributed by atoms with Crippen molar-refractivity contribution in [1.29, 1.82) is 0 Å². The lowest BCUT2D eigenvalue weighted by atomic mass is 10.0. The molecule has 0 spiro atoms. The monoisotopic (exact) mass is 373 g/mol. The fraction of sp³-hybridized carbons (Fsp3) is 0.467. The number of rotatable bonds is 5. The number of hydrogen-bond acceptors (Lipinski definition) is 4. The highest BCUT2D eigenvalue weighted by Gasteiger charge is 2.42. The van der Waals surface area contributed by atoms with Crippen LogP contribution in [0, 0.1) is 0 Å². The fourth-order valence-corrected chi connectivity index (χ4v) is 2.19. The number of carboxylic acid groups (broad SMARTS) is 1. The van der Waals surface area contributed by atoms with E-state index in [4.69, 9.17) is 9.47 Å². The Hall–Kier alpha value is -1.60. The van der Waals surface area contributed by atoms with Crippen LogP contribution in [0.15, 0.2) is 28.7 Å². The van der Waals surface area contributed by atoms with Crippen LogP contribution in [0.4, 0.5) is 4.79 Å². The number of amides is 1. The van der Waals surface area contributed by atoms with Crippen molar-refractivity contribution in [3.63, 3.8) is 0 Å². The van der Waals surface area contributed by atoms with Crippen molar-refractivity contribution in [2.24, 2.45) is 0 Å². The van der Waals surface area contributed by atoms with Gasteiger partial charge in [0.2, 0.25) is 5.72 Å². The van der Waals surface area contributed by atoms with Crippen LogP contribution in [0.3, 0.4) is 0 Å². The maximum Gasteiger partial charge on any atom is 0.410 e. The van der Waals surface area contributed by atoms with Gasteiger partial charge in [-0.05, 0) is 32.4 Å². The number of carboxylic acids is 1. The molecule has 6 nitrogen and oxygen atoms in total. The molecule has 0 unspecified atom stereocenters. The molecule has 0 aliphatic heterocycles. The van der Waals surface area contributed by atoms with Gasteiger partial charge in [-0.3, -0.25) is 5.32 Å². The molecule has 0 fully saturated rings. The Balaban J connectivity index is 3.03. The van der Waals surface area contributed by atoms with E-state index in [2.05, 4.69) is 21.2 Å². The maximum atomic E-state index is 11.9. The second-order valence-corrected chi connectivity index (χ2v) is 6.59. The summed E-state index contributed by atoms with van der Waals surface area (Å²) in [7, 11) is 1.22. The maximum absolute atomic E-state index is 11.9. The van der Waals surface area contributed by atoms with Gasteiger partial charge in [-0.15, -0.1) is 0 Å². The quantitative estimate of drug-likeness (QED) is 0.775. The molecule has 1 aromatic rings. The molecule has 0 aromatic heterocycles. The Morgan fingerprint density at radius 1 is 1.27 bits per heavy atom. The predicted molar refractivity (Wildman–Crippen MR) is 84.6 cm³/mol. The molecule has 0 bridgehead atoms. The number of aliphatic carboxylic acids is 1. The van der Waals surface area contributed by atoms with Gasteiger partial charge in [-0.25, -0.2) is 9.59 Å². The summed E-state index contributed by atoms with van der Waals surface area (Å²) in [6, 6.07) is 7.11. The Labute approximate surface area is 137 Å². The SMILES string of the molecule is CO[C@@](Cc1ccccc1Br)(NC(=O)OC(C)(C)C)C(=O)O. The van der Waals surface area contributed by atoms with E-state index in [-0.39, 0.29) is 6.42 Å². The van der Waals surface area contributed by atoms with Gasteiger partial charge in [0.05, 0.1) is 0 Å². The minimum atomic E-state index is -1.91. The van der Waals surface area contributed by atoms with E-state index in [0.29, 0.717) is 5.56 Å². The molecular weight excluding hydrogens is 354 g/mol.